The minimum atomic E-state index is -0.163. The van der Waals surface area contributed by atoms with Crippen molar-refractivity contribution in [2.24, 2.45) is 0 Å². The maximum Gasteiger partial charge on any atom is 0.305 e. The Bertz CT molecular complexity index is 526. The van der Waals surface area contributed by atoms with Gasteiger partial charge in [-0.05, 0) is 12.8 Å². The minimum Gasteiger partial charge on any atom is -0.462 e. The van der Waals surface area contributed by atoms with Gasteiger partial charge in [-0.25, -0.2) is 0 Å². The minimum absolute atomic E-state index is 0.163. The van der Waals surface area contributed by atoms with E-state index in [2.05, 4.69) is 13.8 Å². The van der Waals surface area contributed by atoms with E-state index in [0.717, 1.165) is 25.7 Å². The fourth-order valence-electron chi connectivity index (χ4n) is 6.09. The molecule has 0 spiro atoms. The summed E-state index contributed by atoms with van der Waals surface area (Å²) in [6.07, 6.45) is 43.4. The molecule has 0 saturated carbocycles. The number of hydrogen-bond acceptors (Lipinski definition) is 4. The van der Waals surface area contributed by atoms with Gasteiger partial charge in [-0.3, -0.25) is 9.59 Å². The molecule has 0 aromatic heterocycles. The van der Waals surface area contributed by atoms with Crippen LogP contribution in [0.4, 0.5) is 0 Å². The van der Waals surface area contributed by atoms with Crippen molar-refractivity contribution in [1.82, 2.24) is 0 Å². The molecule has 4 heteroatoms. The largest absolute Gasteiger partial charge is 0.462 e. The maximum atomic E-state index is 11.9. The number of esters is 2. The van der Waals surface area contributed by atoms with Gasteiger partial charge in [0.1, 0.15) is 13.2 Å². The molecule has 0 heterocycles. The SMILES string of the molecule is CCCCCCCCCCCCCCCCCCC(=O)OCCOC(=O)CCCCCCCCCCCCCCCCCC. The molecule has 0 aliphatic heterocycles. The van der Waals surface area contributed by atoms with Crippen LogP contribution in [0.3, 0.4) is 0 Å². The summed E-state index contributed by atoms with van der Waals surface area (Å²) in [5.74, 6) is -0.326. The number of rotatable bonds is 37. The van der Waals surface area contributed by atoms with Crippen LogP contribution >= 0.6 is 0 Å². The average Bonchev–Trinajstić information content (AvgIpc) is 3.02. The number of carbonyl (C=O) groups is 2. The molecule has 0 fully saturated rings. The number of unbranched alkanes of at least 4 members (excludes halogenated alkanes) is 30. The summed E-state index contributed by atoms with van der Waals surface area (Å²) in [7, 11) is 0. The highest BCUT2D eigenvalue weighted by atomic mass is 16.6. The lowest BCUT2D eigenvalue weighted by Gasteiger charge is -2.07. The Hall–Kier alpha value is -1.06. The molecule has 0 saturated heterocycles. The molecule has 0 aromatic carbocycles. The van der Waals surface area contributed by atoms with Gasteiger partial charge in [-0.2, -0.15) is 0 Å². The molecule has 0 rings (SSSR count). The van der Waals surface area contributed by atoms with E-state index >= 15 is 0 Å². The smallest absolute Gasteiger partial charge is 0.305 e. The maximum absolute atomic E-state index is 11.9. The van der Waals surface area contributed by atoms with Gasteiger partial charge in [-0.15, -0.1) is 0 Å². The van der Waals surface area contributed by atoms with Gasteiger partial charge in [0.05, 0.1) is 0 Å². The van der Waals surface area contributed by atoms with Gasteiger partial charge in [0.2, 0.25) is 0 Å². The molecule has 0 radical (unpaired) electrons. The van der Waals surface area contributed by atoms with E-state index in [9.17, 15) is 9.59 Å². The van der Waals surface area contributed by atoms with Crippen LogP contribution in [0.5, 0.6) is 0 Å². The Morgan fingerprint density at radius 3 is 0.682 bits per heavy atom. The summed E-state index contributed by atoms with van der Waals surface area (Å²) in [5, 5.41) is 0. The van der Waals surface area contributed by atoms with Crippen molar-refractivity contribution in [3.05, 3.63) is 0 Å². The normalized spacial score (nSPS) is 11.2. The Morgan fingerprint density at radius 2 is 0.477 bits per heavy atom. The molecule has 0 aliphatic rings. The van der Waals surface area contributed by atoms with Crippen molar-refractivity contribution >= 4 is 11.9 Å². The summed E-state index contributed by atoms with van der Waals surface area (Å²) >= 11 is 0. The lowest BCUT2D eigenvalue weighted by atomic mass is 10.0. The van der Waals surface area contributed by atoms with Crippen LogP contribution in [0.2, 0.25) is 0 Å². The van der Waals surface area contributed by atoms with Crippen molar-refractivity contribution < 1.29 is 19.1 Å². The lowest BCUT2D eigenvalue weighted by Crippen LogP contribution is -2.13. The summed E-state index contributed by atoms with van der Waals surface area (Å²) in [6.45, 7) is 4.93. The van der Waals surface area contributed by atoms with Crippen LogP contribution in [0.25, 0.3) is 0 Å². The molecule has 262 valence electrons. The second-order valence-electron chi connectivity index (χ2n) is 13.5. The molecule has 0 bridgehead atoms. The van der Waals surface area contributed by atoms with Crippen molar-refractivity contribution in [2.75, 3.05) is 13.2 Å². The molecule has 0 aromatic rings. The van der Waals surface area contributed by atoms with Crippen molar-refractivity contribution in [1.29, 1.82) is 0 Å². The summed E-state index contributed by atoms with van der Waals surface area (Å²) in [4.78, 5) is 23.8. The lowest BCUT2D eigenvalue weighted by molar-refractivity contribution is -0.152. The van der Waals surface area contributed by atoms with Crippen LogP contribution in [0.1, 0.15) is 232 Å². The molecule has 4 nitrogen and oxygen atoms in total. The third kappa shape index (κ3) is 37.1. The first-order valence-electron chi connectivity index (χ1n) is 20.0. The van der Waals surface area contributed by atoms with Gasteiger partial charge in [0.25, 0.3) is 0 Å². The predicted octanol–water partition coefficient (Wildman–Crippen LogP) is 13.4. The van der Waals surface area contributed by atoms with Gasteiger partial charge < -0.3 is 9.47 Å². The van der Waals surface area contributed by atoms with E-state index in [1.54, 1.807) is 0 Å². The van der Waals surface area contributed by atoms with E-state index in [4.69, 9.17) is 9.47 Å². The third-order valence-electron chi connectivity index (χ3n) is 9.08. The highest BCUT2D eigenvalue weighted by molar-refractivity contribution is 5.70. The standard InChI is InChI=1S/C40H78O4/c1-3-5-7-9-11-13-15-17-19-21-23-25-27-29-31-33-35-39(41)43-37-38-44-40(42)36-34-32-30-28-26-24-22-20-18-16-14-12-10-8-6-4-2/h3-38H2,1-2H3. The Morgan fingerprint density at radius 1 is 0.295 bits per heavy atom. The first-order valence-corrected chi connectivity index (χ1v) is 20.0. The highest BCUT2D eigenvalue weighted by Gasteiger charge is 2.06. The first kappa shape index (κ1) is 42.9. The molecule has 44 heavy (non-hydrogen) atoms. The Labute approximate surface area is 276 Å². The quantitative estimate of drug-likeness (QED) is 0.0511. The molecule has 0 unspecified atom stereocenters. The predicted molar refractivity (Wildman–Crippen MR) is 190 cm³/mol. The molecule has 0 aliphatic carbocycles. The molecule has 0 N–H and O–H groups in total. The van der Waals surface area contributed by atoms with Crippen LogP contribution in [0.15, 0.2) is 0 Å². The third-order valence-corrected chi connectivity index (χ3v) is 9.08. The molecule has 0 atom stereocenters. The average molecular weight is 623 g/mol. The van der Waals surface area contributed by atoms with E-state index in [1.807, 2.05) is 0 Å². The molecular formula is C40H78O4. The van der Waals surface area contributed by atoms with Crippen LogP contribution < -0.4 is 0 Å². The first-order chi connectivity index (χ1) is 21.7. The number of ether oxygens (including phenoxy) is 2. The molecular weight excluding hydrogens is 544 g/mol. The highest BCUT2D eigenvalue weighted by Crippen LogP contribution is 2.16. The van der Waals surface area contributed by atoms with E-state index in [1.165, 1.54) is 180 Å². The number of carbonyl (C=O) groups excluding carboxylic acids is 2. The second-order valence-corrected chi connectivity index (χ2v) is 13.5. The topological polar surface area (TPSA) is 52.6 Å². The van der Waals surface area contributed by atoms with Gasteiger partial charge in [0.15, 0.2) is 0 Å². The number of hydrogen-bond donors (Lipinski definition) is 0. The summed E-state index contributed by atoms with van der Waals surface area (Å²) < 4.78 is 10.5. The zero-order chi connectivity index (χ0) is 32.0. The monoisotopic (exact) mass is 623 g/mol. The van der Waals surface area contributed by atoms with Crippen LogP contribution in [0, 0.1) is 0 Å². The zero-order valence-electron chi connectivity index (χ0n) is 30.1. The van der Waals surface area contributed by atoms with Crippen molar-refractivity contribution in [3.8, 4) is 0 Å². The van der Waals surface area contributed by atoms with Gasteiger partial charge in [0, 0.05) is 12.8 Å². The summed E-state index contributed by atoms with van der Waals surface area (Å²) in [6, 6.07) is 0. The van der Waals surface area contributed by atoms with E-state index in [0.29, 0.717) is 12.8 Å². The zero-order valence-corrected chi connectivity index (χ0v) is 30.1. The summed E-state index contributed by atoms with van der Waals surface area (Å²) in [5.41, 5.74) is 0. The Balaban J connectivity index is 3.25. The van der Waals surface area contributed by atoms with Gasteiger partial charge in [-0.1, -0.05) is 206 Å². The van der Waals surface area contributed by atoms with Gasteiger partial charge >= 0.3 is 11.9 Å². The van der Waals surface area contributed by atoms with Crippen molar-refractivity contribution in [2.45, 2.75) is 232 Å². The fraction of sp³-hybridized carbons (Fsp3) is 0.950. The van der Waals surface area contributed by atoms with Crippen LogP contribution in [-0.4, -0.2) is 25.2 Å². The molecule has 0 amide bonds. The Kier molecular flexibility index (Phi) is 37.2. The fourth-order valence-corrected chi connectivity index (χ4v) is 6.09. The van der Waals surface area contributed by atoms with Crippen molar-refractivity contribution in [3.63, 3.8) is 0 Å². The second kappa shape index (κ2) is 38.1. The van der Waals surface area contributed by atoms with E-state index < -0.39 is 0 Å². The van der Waals surface area contributed by atoms with Crippen LogP contribution in [-0.2, 0) is 19.1 Å². The van der Waals surface area contributed by atoms with E-state index in [-0.39, 0.29) is 25.2 Å².